The molecule has 0 aromatic rings. The molecule has 6 aliphatic carbocycles. The number of esters is 1. The van der Waals surface area contributed by atoms with Gasteiger partial charge in [-0.2, -0.15) is 0 Å². The highest BCUT2D eigenvalue weighted by Crippen LogP contribution is 2.91. The Morgan fingerprint density at radius 2 is 1.52 bits per heavy atom. The summed E-state index contributed by atoms with van der Waals surface area (Å²) in [6.07, 6.45) is 11.0. The average molecular weight is 344 g/mol. The first-order valence-corrected chi connectivity index (χ1v) is 11.0. The summed E-state index contributed by atoms with van der Waals surface area (Å²) in [5, 5.41) is 0. The molecule has 25 heavy (non-hydrogen) atoms. The predicted molar refractivity (Wildman–Crippen MR) is 93.4 cm³/mol. The van der Waals surface area contributed by atoms with Crippen LogP contribution in [-0.4, -0.2) is 18.9 Å². The van der Waals surface area contributed by atoms with Crippen LogP contribution in [-0.2, 0) is 14.3 Å². The second-order valence-electron chi connectivity index (χ2n) is 10.1. The number of fused-ring (bicyclic) bond motifs is 6. The largest absolute Gasteiger partial charge is 0.436 e. The van der Waals surface area contributed by atoms with Crippen molar-refractivity contribution < 1.29 is 14.3 Å². The second-order valence-corrected chi connectivity index (χ2v) is 10.1. The van der Waals surface area contributed by atoms with Crippen molar-refractivity contribution in [3.8, 4) is 0 Å². The maximum atomic E-state index is 13.0. The van der Waals surface area contributed by atoms with Gasteiger partial charge in [0.25, 0.3) is 0 Å². The van der Waals surface area contributed by atoms with E-state index in [0.717, 1.165) is 36.0 Å². The first-order chi connectivity index (χ1) is 12.1. The van der Waals surface area contributed by atoms with Crippen molar-refractivity contribution in [1.82, 2.24) is 0 Å². The average Bonchev–Trinajstić information content (AvgIpc) is 3.40. The molecule has 6 rings (SSSR count). The maximum Gasteiger partial charge on any atom is 0.311 e. The highest BCUT2D eigenvalue weighted by Gasteiger charge is 2.86. The molecule has 8 unspecified atom stereocenters. The number of carbonyl (C=O) groups excluding carboxylic acids is 1. The quantitative estimate of drug-likeness (QED) is 0.560. The standard InChI is InChI=1S/C22H32O3/c1-3-24-12(2)25-20(23)18-10-17-11-19(18)22-15-6-4-13(8-15)21(17,22)14-5-7-16(22)9-14/h12-19H,3-11H2,1-2H3. The molecule has 0 heterocycles. The van der Waals surface area contributed by atoms with E-state index >= 15 is 0 Å². The van der Waals surface area contributed by atoms with Crippen LogP contribution in [0.15, 0.2) is 0 Å². The molecule has 3 heteroatoms. The minimum Gasteiger partial charge on any atom is -0.436 e. The summed E-state index contributed by atoms with van der Waals surface area (Å²) < 4.78 is 11.2. The summed E-state index contributed by atoms with van der Waals surface area (Å²) in [4.78, 5) is 13.0. The van der Waals surface area contributed by atoms with Gasteiger partial charge in [-0.3, -0.25) is 4.79 Å². The number of hydrogen-bond acceptors (Lipinski definition) is 3. The van der Waals surface area contributed by atoms with Gasteiger partial charge in [0.05, 0.1) is 5.92 Å². The Labute approximate surface area is 151 Å². The smallest absolute Gasteiger partial charge is 0.311 e. The van der Waals surface area contributed by atoms with Gasteiger partial charge in [0.1, 0.15) is 0 Å². The van der Waals surface area contributed by atoms with E-state index in [-0.39, 0.29) is 18.2 Å². The van der Waals surface area contributed by atoms with Crippen LogP contribution in [0, 0.1) is 52.3 Å². The summed E-state index contributed by atoms with van der Waals surface area (Å²) in [7, 11) is 0. The van der Waals surface area contributed by atoms with Crippen molar-refractivity contribution in [2.45, 2.75) is 71.5 Å². The molecule has 8 atom stereocenters. The second kappa shape index (κ2) is 4.82. The molecule has 6 saturated carbocycles. The van der Waals surface area contributed by atoms with Gasteiger partial charge >= 0.3 is 5.97 Å². The van der Waals surface area contributed by atoms with Crippen molar-refractivity contribution >= 4 is 5.97 Å². The fourth-order valence-corrected chi connectivity index (χ4v) is 10.5. The Balaban J connectivity index is 1.36. The van der Waals surface area contributed by atoms with Crippen LogP contribution < -0.4 is 0 Å². The topological polar surface area (TPSA) is 35.5 Å². The molecule has 0 amide bonds. The fourth-order valence-electron chi connectivity index (χ4n) is 10.5. The Morgan fingerprint density at radius 1 is 0.920 bits per heavy atom. The SMILES string of the molecule is CCOC(C)OC(=O)C1CC2CC1C13C4CCC(C4)C21C1CCC3C1. The van der Waals surface area contributed by atoms with E-state index in [1.807, 2.05) is 13.8 Å². The molecule has 6 bridgehead atoms. The Kier molecular flexibility index (Phi) is 2.99. The molecule has 0 spiro atoms. The molecule has 0 radical (unpaired) electrons. The van der Waals surface area contributed by atoms with Crippen LogP contribution in [0.4, 0.5) is 0 Å². The summed E-state index contributed by atoms with van der Waals surface area (Å²) in [6.45, 7) is 4.43. The number of rotatable bonds is 4. The zero-order valence-corrected chi connectivity index (χ0v) is 15.7. The third-order valence-corrected chi connectivity index (χ3v) is 10.2. The normalized spacial score (nSPS) is 57.8. The lowest BCUT2D eigenvalue weighted by Crippen LogP contribution is -2.57. The molecule has 0 N–H and O–H groups in total. The third-order valence-electron chi connectivity index (χ3n) is 10.2. The fraction of sp³-hybridized carbons (Fsp3) is 0.955. The molecule has 0 aromatic heterocycles. The summed E-state index contributed by atoms with van der Waals surface area (Å²) in [5.74, 6) is 5.55. The molecule has 0 aromatic carbocycles. The summed E-state index contributed by atoms with van der Waals surface area (Å²) >= 11 is 0. The van der Waals surface area contributed by atoms with Crippen LogP contribution in [0.5, 0.6) is 0 Å². The van der Waals surface area contributed by atoms with E-state index in [1.54, 1.807) is 0 Å². The highest BCUT2D eigenvalue weighted by atomic mass is 16.7. The first kappa shape index (κ1) is 15.5. The van der Waals surface area contributed by atoms with Crippen molar-refractivity contribution in [1.29, 1.82) is 0 Å². The molecule has 138 valence electrons. The van der Waals surface area contributed by atoms with Crippen molar-refractivity contribution in [2.24, 2.45) is 52.3 Å². The number of ether oxygens (including phenoxy) is 2. The van der Waals surface area contributed by atoms with E-state index in [9.17, 15) is 4.79 Å². The molecular formula is C22H32O3. The molecule has 3 nitrogen and oxygen atoms in total. The van der Waals surface area contributed by atoms with Gasteiger partial charge in [0.15, 0.2) is 6.29 Å². The van der Waals surface area contributed by atoms with Crippen molar-refractivity contribution in [3.05, 3.63) is 0 Å². The monoisotopic (exact) mass is 344 g/mol. The highest BCUT2D eigenvalue weighted by molar-refractivity contribution is 5.74. The zero-order chi connectivity index (χ0) is 17.0. The van der Waals surface area contributed by atoms with E-state index < -0.39 is 0 Å². The first-order valence-electron chi connectivity index (χ1n) is 11.0. The Morgan fingerprint density at radius 3 is 2.12 bits per heavy atom. The van der Waals surface area contributed by atoms with Crippen molar-refractivity contribution in [2.75, 3.05) is 6.61 Å². The van der Waals surface area contributed by atoms with Gasteiger partial charge in [-0.25, -0.2) is 0 Å². The summed E-state index contributed by atoms with van der Waals surface area (Å²) in [6, 6.07) is 0. The van der Waals surface area contributed by atoms with Crippen LogP contribution >= 0.6 is 0 Å². The van der Waals surface area contributed by atoms with Crippen LogP contribution in [0.3, 0.4) is 0 Å². The Hall–Kier alpha value is -0.570. The minimum absolute atomic E-state index is 0.0574. The van der Waals surface area contributed by atoms with Gasteiger partial charge < -0.3 is 9.47 Å². The van der Waals surface area contributed by atoms with Gasteiger partial charge in [-0.15, -0.1) is 0 Å². The summed E-state index contributed by atoms with van der Waals surface area (Å²) in [5.41, 5.74) is 1.20. The van der Waals surface area contributed by atoms with E-state index in [4.69, 9.17) is 9.47 Å². The molecule has 6 aliphatic rings. The van der Waals surface area contributed by atoms with Gasteiger partial charge in [-0.1, -0.05) is 0 Å². The predicted octanol–water partition coefficient (Wildman–Crippen LogP) is 4.40. The Bertz CT molecular complexity index is 590. The number of hydrogen-bond donors (Lipinski definition) is 0. The van der Waals surface area contributed by atoms with E-state index in [1.165, 1.54) is 44.9 Å². The van der Waals surface area contributed by atoms with E-state index in [2.05, 4.69) is 0 Å². The molecule has 0 saturated heterocycles. The third kappa shape index (κ3) is 1.47. The van der Waals surface area contributed by atoms with Crippen molar-refractivity contribution in [3.63, 3.8) is 0 Å². The zero-order valence-electron chi connectivity index (χ0n) is 15.7. The maximum absolute atomic E-state index is 13.0. The van der Waals surface area contributed by atoms with Gasteiger partial charge in [0, 0.05) is 6.61 Å². The van der Waals surface area contributed by atoms with Crippen LogP contribution in [0.1, 0.15) is 65.2 Å². The molecular weight excluding hydrogens is 312 g/mol. The lowest BCUT2D eigenvalue weighted by molar-refractivity contribution is -0.191. The van der Waals surface area contributed by atoms with Crippen LogP contribution in [0.2, 0.25) is 0 Å². The van der Waals surface area contributed by atoms with Gasteiger partial charge in [0.2, 0.25) is 0 Å². The molecule has 0 aliphatic heterocycles. The van der Waals surface area contributed by atoms with E-state index in [0.29, 0.717) is 23.4 Å². The molecule has 6 fully saturated rings. The number of carbonyl (C=O) groups is 1. The van der Waals surface area contributed by atoms with Gasteiger partial charge in [-0.05, 0) is 112 Å². The minimum atomic E-state index is -0.390. The lowest BCUT2D eigenvalue weighted by Gasteiger charge is -2.60. The lowest BCUT2D eigenvalue weighted by atomic mass is 9.44. The van der Waals surface area contributed by atoms with Crippen LogP contribution in [0.25, 0.3) is 0 Å².